The van der Waals surface area contributed by atoms with Gasteiger partial charge < -0.3 is 19.4 Å². The molecule has 1 amide bonds. The zero-order chi connectivity index (χ0) is 19.4. The molecule has 0 radical (unpaired) electrons. The highest BCUT2D eigenvalue weighted by atomic mass is 16.5. The Balaban J connectivity index is 1.81. The number of benzene rings is 2. The number of amides is 1. The van der Waals surface area contributed by atoms with Gasteiger partial charge in [-0.05, 0) is 36.2 Å². The molecule has 0 saturated heterocycles. The number of hydrogen-bond donors (Lipinski definition) is 1. The Morgan fingerprint density at radius 3 is 2.56 bits per heavy atom. The minimum atomic E-state index is -0.181. The van der Waals surface area contributed by atoms with E-state index in [-0.39, 0.29) is 5.91 Å². The van der Waals surface area contributed by atoms with E-state index in [4.69, 9.17) is 14.5 Å². The highest BCUT2D eigenvalue weighted by molar-refractivity contribution is 5.94. The largest absolute Gasteiger partial charge is 0.493 e. The van der Waals surface area contributed by atoms with E-state index in [1.165, 1.54) is 0 Å². The number of fused-ring (bicyclic) bond motifs is 1. The Bertz CT molecular complexity index is 947. The molecule has 2 aromatic carbocycles. The summed E-state index contributed by atoms with van der Waals surface area (Å²) in [5.41, 5.74) is 2.54. The Labute approximate surface area is 159 Å². The summed E-state index contributed by atoms with van der Waals surface area (Å²) in [5, 5.41) is 2.96. The van der Waals surface area contributed by atoms with E-state index >= 15 is 0 Å². The summed E-state index contributed by atoms with van der Waals surface area (Å²) in [5.74, 6) is 2.26. The fraction of sp³-hybridized carbons (Fsp3) is 0.333. The van der Waals surface area contributed by atoms with Gasteiger partial charge in [-0.1, -0.05) is 26.0 Å². The lowest BCUT2D eigenvalue weighted by Crippen LogP contribution is -2.25. The van der Waals surface area contributed by atoms with E-state index in [1.807, 2.05) is 18.2 Å². The second-order valence-corrected chi connectivity index (χ2v) is 6.77. The third kappa shape index (κ3) is 4.05. The van der Waals surface area contributed by atoms with E-state index in [0.717, 1.165) is 23.4 Å². The molecule has 0 spiro atoms. The average molecular weight is 367 g/mol. The van der Waals surface area contributed by atoms with Crippen molar-refractivity contribution in [2.75, 3.05) is 14.2 Å². The minimum absolute atomic E-state index is 0.181. The van der Waals surface area contributed by atoms with Crippen molar-refractivity contribution in [3.8, 4) is 11.5 Å². The molecule has 6 heteroatoms. The number of imidazole rings is 1. The Morgan fingerprint density at radius 1 is 1.11 bits per heavy atom. The standard InChI is InChI=1S/C21H25N3O3/c1-14(2)13-24-17-8-6-5-7-16(17)23-20(24)12-22-21(25)15-9-10-18(26-3)19(11-15)27-4/h5-11,14H,12-13H2,1-4H3,(H,22,25). The summed E-state index contributed by atoms with van der Waals surface area (Å²) in [6, 6.07) is 13.1. The smallest absolute Gasteiger partial charge is 0.251 e. The van der Waals surface area contributed by atoms with Crippen molar-refractivity contribution in [2.24, 2.45) is 5.92 Å². The van der Waals surface area contributed by atoms with E-state index in [0.29, 0.717) is 29.5 Å². The molecule has 0 atom stereocenters. The highest BCUT2D eigenvalue weighted by Crippen LogP contribution is 2.27. The Hall–Kier alpha value is -3.02. The molecule has 3 rings (SSSR count). The third-order valence-corrected chi connectivity index (χ3v) is 4.33. The normalized spacial score (nSPS) is 11.0. The van der Waals surface area contributed by atoms with Gasteiger partial charge in [0, 0.05) is 12.1 Å². The number of methoxy groups -OCH3 is 2. The van der Waals surface area contributed by atoms with E-state index in [2.05, 4.69) is 29.8 Å². The predicted molar refractivity (Wildman–Crippen MR) is 105 cm³/mol. The lowest BCUT2D eigenvalue weighted by molar-refractivity contribution is 0.0949. The molecule has 0 unspecified atom stereocenters. The maximum atomic E-state index is 12.6. The van der Waals surface area contributed by atoms with E-state index < -0.39 is 0 Å². The number of nitrogens with one attached hydrogen (secondary N) is 1. The lowest BCUT2D eigenvalue weighted by atomic mass is 10.2. The number of hydrogen-bond acceptors (Lipinski definition) is 4. The van der Waals surface area contributed by atoms with Gasteiger partial charge in [-0.15, -0.1) is 0 Å². The second-order valence-electron chi connectivity index (χ2n) is 6.77. The van der Waals surface area contributed by atoms with Gasteiger partial charge >= 0.3 is 0 Å². The summed E-state index contributed by atoms with van der Waals surface area (Å²) in [4.78, 5) is 17.3. The van der Waals surface area contributed by atoms with Gasteiger partial charge in [-0.2, -0.15) is 0 Å². The summed E-state index contributed by atoms with van der Waals surface area (Å²) < 4.78 is 12.7. The van der Waals surface area contributed by atoms with Crippen LogP contribution in [0.1, 0.15) is 30.0 Å². The quantitative estimate of drug-likeness (QED) is 0.692. The zero-order valence-electron chi connectivity index (χ0n) is 16.2. The molecule has 3 aromatic rings. The molecular weight excluding hydrogens is 342 g/mol. The van der Waals surface area contributed by atoms with Crippen LogP contribution in [0.3, 0.4) is 0 Å². The van der Waals surface area contributed by atoms with Crippen LogP contribution in [-0.4, -0.2) is 29.7 Å². The molecule has 0 aliphatic heterocycles. The summed E-state index contributed by atoms with van der Waals surface area (Å²) >= 11 is 0. The van der Waals surface area contributed by atoms with Gasteiger partial charge in [0.1, 0.15) is 5.82 Å². The molecular formula is C21H25N3O3. The number of para-hydroxylation sites is 2. The number of ether oxygens (including phenoxy) is 2. The molecule has 0 aliphatic rings. The van der Waals surface area contributed by atoms with Crippen LogP contribution in [0.5, 0.6) is 11.5 Å². The highest BCUT2D eigenvalue weighted by Gasteiger charge is 2.14. The van der Waals surface area contributed by atoms with Crippen LogP contribution in [0.25, 0.3) is 11.0 Å². The summed E-state index contributed by atoms with van der Waals surface area (Å²) in [7, 11) is 3.12. The molecule has 6 nitrogen and oxygen atoms in total. The van der Waals surface area contributed by atoms with Crippen LogP contribution in [0.4, 0.5) is 0 Å². The first kappa shape index (κ1) is 18.8. The third-order valence-electron chi connectivity index (χ3n) is 4.33. The van der Waals surface area contributed by atoms with E-state index in [9.17, 15) is 4.79 Å². The zero-order valence-corrected chi connectivity index (χ0v) is 16.2. The number of carbonyl (C=O) groups excluding carboxylic acids is 1. The molecule has 27 heavy (non-hydrogen) atoms. The maximum Gasteiger partial charge on any atom is 0.251 e. The topological polar surface area (TPSA) is 65.4 Å². The fourth-order valence-corrected chi connectivity index (χ4v) is 3.07. The predicted octanol–water partition coefficient (Wildman–Crippen LogP) is 3.64. The lowest BCUT2D eigenvalue weighted by Gasteiger charge is -2.13. The van der Waals surface area contributed by atoms with Crippen LogP contribution < -0.4 is 14.8 Å². The van der Waals surface area contributed by atoms with Crippen molar-refractivity contribution in [3.05, 3.63) is 53.9 Å². The van der Waals surface area contributed by atoms with Gasteiger partial charge in [0.25, 0.3) is 5.91 Å². The Kier molecular flexibility index (Phi) is 5.64. The number of nitrogens with zero attached hydrogens (tertiary/aromatic N) is 2. The SMILES string of the molecule is COc1ccc(C(=O)NCc2nc3ccccc3n2CC(C)C)cc1OC. The van der Waals surface area contributed by atoms with Crippen molar-refractivity contribution in [1.29, 1.82) is 0 Å². The van der Waals surface area contributed by atoms with Crippen LogP contribution in [0.2, 0.25) is 0 Å². The molecule has 1 N–H and O–H groups in total. The molecule has 142 valence electrons. The average Bonchev–Trinajstić information content (AvgIpc) is 3.02. The number of aromatic nitrogens is 2. The Morgan fingerprint density at radius 2 is 1.85 bits per heavy atom. The summed E-state index contributed by atoms with van der Waals surface area (Å²) in [6.45, 7) is 5.54. The molecule has 0 aliphatic carbocycles. The van der Waals surface area contributed by atoms with Gasteiger partial charge in [0.15, 0.2) is 11.5 Å². The second kappa shape index (κ2) is 8.12. The van der Waals surface area contributed by atoms with Crippen LogP contribution in [0, 0.1) is 5.92 Å². The monoisotopic (exact) mass is 367 g/mol. The molecule has 0 fully saturated rings. The first-order valence-electron chi connectivity index (χ1n) is 8.97. The van der Waals surface area contributed by atoms with Crippen molar-refractivity contribution < 1.29 is 14.3 Å². The van der Waals surface area contributed by atoms with Gasteiger partial charge in [-0.25, -0.2) is 4.98 Å². The van der Waals surface area contributed by atoms with Crippen LogP contribution >= 0.6 is 0 Å². The van der Waals surface area contributed by atoms with Gasteiger partial charge in [0.2, 0.25) is 0 Å². The van der Waals surface area contributed by atoms with Crippen LogP contribution in [-0.2, 0) is 13.1 Å². The summed E-state index contributed by atoms with van der Waals surface area (Å²) in [6.07, 6.45) is 0. The molecule has 1 aromatic heterocycles. The number of rotatable bonds is 7. The van der Waals surface area contributed by atoms with E-state index in [1.54, 1.807) is 32.4 Å². The van der Waals surface area contributed by atoms with Crippen molar-refractivity contribution >= 4 is 16.9 Å². The fourth-order valence-electron chi connectivity index (χ4n) is 3.07. The minimum Gasteiger partial charge on any atom is -0.493 e. The van der Waals surface area contributed by atoms with Gasteiger partial charge in [-0.3, -0.25) is 4.79 Å². The van der Waals surface area contributed by atoms with Crippen molar-refractivity contribution in [2.45, 2.75) is 26.9 Å². The van der Waals surface area contributed by atoms with Crippen molar-refractivity contribution in [3.63, 3.8) is 0 Å². The molecule has 0 saturated carbocycles. The van der Waals surface area contributed by atoms with Crippen molar-refractivity contribution in [1.82, 2.24) is 14.9 Å². The van der Waals surface area contributed by atoms with Crippen LogP contribution in [0.15, 0.2) is 42.5 Å². The van der Waals surface area contributed by atoms with Gasteiger partial charge in [0.05, 0.1) is 31.8 Å². The maximum absolute atomic E-state index is 12.6. The molecule has 1 heterocycles. The first-order valence-corrected chi connectivity index (χ1v) is 8.97. The molecule has 0 bridgehead atoms. The first-order chi connectivity index (χ1) is 13.0. The number of carbonyl (C=O) groups is 1.